The topological polar surface area (TPSA) is 129 Å². The summed E-state index contributed by atoms with van der Waals surface area (Å²) in [5.41, 5.74) is 8.16. The molecule has 3 aromatic rings. The molecule has 0 bridgehead atoms. The quantitative estimate of drug-likeness (QED) is 0.538. The van der Waals surface area contributed by atoms with E-state index in [9.17, 15) is 8.42 Å². The Kier molecular flexibility index (Phi) is 5.55. The number of fused-ring (bicyclic) bond motifs is 3. The van der Waals surface area contributed by atoms with Gasteiger partial charge in [0.1, 0.15) is 21.8 Å². The van der Waals surface area contributed by atoms with Crippen molar-refractivity contribution in [1.82, 2.24) is 5.16 Å². The molecule has 0 aliphatic carbocycles. The van der Waals surface area contributed by atoms with Gasteiger partial charge in [-0.3, -0.25) is 9.71 Å². The molecular formula is C21H22N4O5S. The SMILES string of the molecule is COc1cccc(C)c1S(=O)(=O)Nc1noc2cc(CN=CC=CN)c3c(c12)OCC3. The lowest BCUT2D eigenvalue weighted by Gasteiger charge is -2.13. The summed E-state index contributed by atoms with van der Waals surface area (Å²) in [4.78, 5) is 4.36. The van der Waals surface area contributed by atoms with Gasteiger partial charge in [0.05, 0.1) is 20.3 Å². The van der Waals surface area contributed by atoms with Crippen LogP contribution in [0.4, 0.5) is 5.82 Å². The number of methoxy groups -OCH3 is 1. The first kappa shape index (κ1) is 20.7. The van der Waals surface area contributed by atoms with E-state index in [1.54, 1.807) is 37.4 Å². The summed E-state index contributed by atoms with van der Waals surface area (Å²) in [7, 11) is -2.57. The number of nitrogens with two attached hydrogens (primary N) is 1. The Bertz CT molecular complexity index is 1290. The van der Waals surface area contributed by atoms with Gasteiger partial charge in [-0.05, 0) is 42.5 Å². The van der Waals surface area contributed by atoms with Crippen LogP contribution in [0.2, 0.25) is 0 Å². The third kappa shape index (κ3) is 3.81. The Morgan fingerprint density at radius 1 is 1.39 bits per heavy atom. The van der Waals surface area contributed by atoms with E-state index in [2.05, 4.69) is 14.9 Å². The van der Waals surface area contributed by atoms with Crippen molar-refractivity contribution in [2.75, 3.05) is 18.4 Å². The summed E-state index contributed by atoms with van der Waals surface area (Å²) in [5.74, 6) is 0.876. The van der Waals surface area contributed by atoms with Crippen molar-refractivity contribution in [3.63, 3.8) is 0 Å². The third-order valence-corrected chi connectivity index (χ3v) is 6.49. The van der Waals surface area contributed by atoms with Crippen LogP contribution in [0.5, 0.6) is 11.5 Å². The number of hydrogen-bond acceptors (Lipinski definition) is 8. The first-order chi connectivity index (χ1) is 15.0. The van der Waals surface area contributed by atoms with Crippen molar-refractivity contribution >= 4 is 33.0 Å². The van der Waals surface area contributed by atoms with Gasteiger partial charge in [-0.2, -0.15) is 0 Å². The Balaban J connectivity index is 1.76. The van der Waals surface area contributed by atoms with Gasteiger partial charge in [0.2, 0.25) is 0 Å². The fourth-order valence-electron chi connectivity index (χ4n) is 3.63. The fraction of sp³-hybridized carbons (Fsp3) is 0.238. The minimum absolute atomic E-state index is 0.0464. The summed E-state index contributed by atoms with van der Waals surface area (Å²) in [6, 6.07) is 6.83. The number of hydrogen-bond donors (Lipinski definition) is 2. The molecule has 0 amide bonds. The van der Waals surface area contributed by atoms with Gasteiger partial charge < -0.3 is 19.7 Å². The maximum Gasteiger partial charge on any atom is 0.267 e. The van der Waals surface area contributed by atoms with E-state index in [1.165, 1.54) is 13.3 Å². The average molecular weight is 442 g/mol. The molecule has 4 rings (SSSR count). The second kappa shape index (κ2) is 8.31. The maximum absolute atomic E-state index is 13.2. The third-order valence-electron chi connectivity index (χ3n) is 4.97. The number of aryl methyl sites for hydroxylation is 1. The molecule has 0 spiro atoms. The number of rotatable bonds is 7. The number of nitrogens with zero attached hydrogens (tertiary/aromatic N) is 2. The second-order valence-corrected chi connectivity index (χ2v) is 8.55. The predicted octanol–water partition coefficient (Wildman–Crippen LogP) is 2.92. The van der Waals surface area contributed by atoms with Crippen molar-refractivity contribution in [1.29, 1.82) is 0 Å². The Morgan fingerprint density at radius 2 is 2.23 bits per heavy atom. The Morgan fingerprint density at radius 3 is 3.00 bits per heavy atom. The highest BCUT2D eigenvalue weighted by molar-refractivity contribution is 7.92. The summed E-state index contributed by atoms with van der Waals surface area (Å²) >= 11 is 0. The number of sulfonamides is 1. The van der Waals surface area contributed by atoms with Crippen molar-refractivity contribution in [2.24, 2.45) is 10.7 Å². The van der Waals surface area contributed by atoms with Crippen LogP contribution in [0.25, 0.3) is 11.0 Å². The van der Waals surface area contributed by atoms with E-state index in [0.29, 0.717) is 41.9 Å². The van der Waals surface area contributed by atoms with Crippen LogP contribution in [-0.2, 0) is 23.0 Å². The van der Waals surface area contributed by atoms with Crippen LogP contribution in [-0.4, -0.2) is 33.5 Å². The second-order valence-electron chi connectivity index (χ2n) is 6.93. The highest BCUT2D eigenvalue weighted by Crippen LogP contribution is 2.42. The van der Waals surface area contributed by atoms with E-state index in [4.69, 9.17) is 19.7 Å². The van der Waals surface area contributed by atoms with Crippen LogP contribution < -0.4 is 19.9 Å². The molecule has 1 aliphatic heterocycles. The average Bonchev–Trinajstić information content (AvgIpc) is 3.37. The molecule has 0 unspecified atom stereocenters. The zero-order valence-corrected chi connectivity index (χ0v) is 17.9. The lowest BCUT2D eigenvalue weighted by Crippen LogP contribution is -2.16. The lowest BCUT2D eigenvalue weighted by atomic mass is 10.0. The number of allylic oxidation sites excluding steroid dienone is 1. The minimum atomic E-state index is -3.99. The smallest absolute Gasteiger partial charge is 0.267 e. The van der Waals surface area contributed by atoms with Gasteiger partial charge >= 0.3 is 0 Å². The monoisotopic (exact) mass is 442 g/mol. The summed E-state index contributed by atoms with van der Waals surface area (Å²) in [6.45, 7) is 2.59. The molecule has 10 heteroatoms. The molecule has 1 aromatic heterocycles. The van der Waals surface area contributed by atoms with E-state index in [0.717, 1.165) is 11.1 Å². The Labute approximate surface area is 179 Å². The van der Waals surface area contributed by atoms with E-state index in [-0.39, 0.29) is 16.5 Å². The van der Waals surface area contributed by atoms with Crippen LogP contribution in [0.3, 0.4) is 0 Å². The number of nitrogens with one attached hydrogen (secondary N) is 1. The molecule has 0 fully saturated rings. The normalized spacial score (nSPS) is 13.7. The molecule has 3 N–H and O–H groups in total. The summed E-state index contributed by atoms with van der Waals surface area (Å²) in [5, 5.41) is 4.45. The minimum Gasteiger partial charge on any atom is -0.495 e. The number of benzene rings is 2. The number of anilines is 1. The first-order valence-corrected chi connectivity index (χ1v) is 11.0. The van der Waals surface area contributed by atoms with Crippen LogP contribution in [0.15, 0.2) is 51.0 Å². The lowest BCUT2D eigenvalue weighted by molar-refractivity contribution is 0.360. The van der Waals surface area contributed by atoms with E-state index < -0.39 is 10.0 Å². The number of aliphatic imine (C=N–C) groups is 1. The molecule has 2 aromatic carbocycles. The Hall–Kier alpha value is -3.53. The standard InChI is InChI=1S/C21H22N4O5S/c1-13-5-3-6-16(28-2)20(13)31(26,27)25-21-18-17(30-24-21)11-14(12-23-9-4-8-22)15-7-10-29-19(15)18/h3-6,8-9,11H,7,10,12,22H2,1-2H3,(H,24,25). The number of aromatic nitrogens is 1. The summed E-state index contributed by atoms with van der Waals surface area (Å²) in [6.07, 6.45) is 5.34. The fourth-order valence-corrected chi connectivity index (χ4v) is 5.04. The van der Waals surface area contributed by atoms with Gasteiger partial charge in [0.15, 0.2) is 11.4 Å². The van der Waals surface area contributed by atoms with Gasteiger partial charge in [-0.1, -0.05) is 17.3 Å². The van der Waals surface area contributed by atoms with Gasteiger partial charge in [0.25, 0.3) is 10.0 Å². The molecule has 0 saturated heterocycles. The van der Waals surface area contributed by atoms with Crippen LogP contribution in [0.1, 0.15) is 16.7 Å². The molecular weight excluding hydrogens is 420 g/mol. The maximum atomic E-state index is 13.2. The van der Waals surface area contributed by atoms with Crippen LogP contribution in [0, 0.1) is 6.92 Å². The highest BCUT2D eigenvalue weighted by atomic mass is 32.2. The molecule has 162 valence electrons. The number of ether oxygens (including phenoxy) is 2. The van der Waals surface area contributed by atoms with Gasteiger partial charge in [-0.25, -0.2) is 8.42 Å². The molecule has 2 heterocycles. The zero-order chi connectivity index (χ0) is 22.0. The van der Waals surface area contributed by atoms with E-state index in [1.807, 2.05) is 6.07 Å². The molecule has 31 heavy (non-hydrogen) atoms. The van der Waals surface area contributed by atoms with Crippen molar-refractivity contribution in [3.05, 3.63) is 53.2 Å². The molecule has 0 atom stereocenters. The summed E-state index contributed by atoms with van der Waals surface area (Å²) < 4.78 is 45.4. The largest absolute Gasteiger partial charge is 0.495 e. The van der Waals surface area contributed by atoms with Gasteiger partial charge in [0, 0.05) is 18.2 Å². The first-order valence-electron chi connectivity index (χ1n) is 9.56. The van der Waals surface area contributed by atoms with Gasteiger partial charge in [-0.15, -0.1) is 0 Å². The zero-order valence-electron chi connectivity index (χ0n) is 17.1. The molecule has 0 saturated carbocycles. The molecule has 0 radical (unpaired) electrons. The predicted molar refractivity (Wildman–Crippen MR) is 117 cm³/mol. The molecule has 1 aliphatic rings. The van der Waals surface area contributed by atoms with E-state index >= 15 is 0 Å². The molecule has 9 nitrogen and oxygen atoms in total. The van der Waals surface area contributed by atoms with Crippen LogP contribution >= 0.6 is 0 Å². The van der Waals surface area contributed by atoms with Crippen molar-refractivity contribution in [3.8, 4) is 11.5 Å². The highest BCUT2D eigenvalue weighted by Gasteiger charge is 2.29. The van der Waals surface area contributed by atoms with Crippen molar-refractivity contribution in [2.45, 2.75) is 24.8 Å². The van der Waals surface area contributed by atoms with Crippen molar-refractivity contribution < 1.29 is 22.4 Å².